The van der Waals surface area contributed by atoms with Crippen LogP contribution in [0.15, 0.2) is 41.4 Å². The first-order chi connectivity index (χ1) is 15.2. The van der Waals surface area contributed by atoms with Crippen LogP contribution in [0.4, 0.5) is 4.79 Å². The Labute approximate surface area is 189 Å². The van der Waals surface area contributed by atoms with Crippen molar-refractivity contribution in [2.75, 3.05) is 19.6 Å². The maximum atomic E-state index is 11.9. The van der Waals surface area contributed by atoms with Crippen LogP contribution in [0.3, 0.4) is 0 Å². The smallest absolute Gasteiger partial charge is 0.407 e. The number of benzene rings is 1. The molecule has 0 spiro atoms. The second kappa shape index (κ2) is 14.4. The van der Waals surface area contributed by atoms with Crippen molar-refractivity contribution in [2.45, 2.75) is 26.0 Å². The quantitative estimate of drug-likeness (QED) is 0.293. The molecule has 0 heterocycles. The van der Waals surface area contributed by atoms with E-state index in [0.717, 1.165) is 5.56 Å². The van der Waals surface area contributed by atoms with E-state index in [1.54, 1.807) is 24.3 Å². The maximum absolute atomic E-state index is 11.9. The first kappa shape index (κ1) is 26.4. The predicted octanol–water partition coefficient (Wildman–Crippen LogP) is 0.247. The summed E-state index contributed by atoms with van der Waals surface area (Å²) >= 11 is 5.70. The summed E-state index contributed by atoms with van der Waals surface area (Å²) in [5.41, 5.74) is 0.788. The number of halogens is 1. The molecule has 0 saturated carbocycles. The van der Waals surface area contributed by atoms with Crippen LogP contribution in [-0.2, 0) is 30.5 Å². The third kappa shape index (κ3) is 12.9. The topological polar surface area (TPSA) is 163 Å². The first-order valence-corrected chi connectivity index (χ1v) is 9.86. The van der Waals surface area contributed by atoms with E-state index in [1.807, 2.05) is 6.07 Å². The summed E-state index contributed by atoms with van der Waals surface area (Å²) in [6, 6.07) is 8.14. The van der Waals surface area contributed by atoms with Gasteiger partial charge in [-0.25, -0.2) is 4.79 Å². The minimum absolute atomic E-state index is 0.0480. The number of carbonyl (C=O) groups excluding carboxylic acids is 4. The number of hydrogen-bond donors (Lipinski definition) is 5. The number of amides is 4. The van der Waals surface area contributed by atoms with E-state index in [2.05, 4.69) is 21.3 Å². The van der Waals surface area contributed by atoms with E-state index in [9.17, 15) is 24.0 Å². The Morgan fingerprint density at radius 1 is 0.969 bits per heavy atom. The Kier molecular flexibility index (Phi) is 11.9. The molecule has 0 saturated heterocycles. The Morgan fingerprint density at radius 2 is 1.53 bits per heavy atom. The van der Waals surface area contributed by atoms with Crippen molar-refractivity contribution in [1.82, 2.24) is 21.3 Å². The third-order valence-corrected chi connectivity index (χ3v) is 3.80. The van der Waals surface area contributed by atoms with Crippen LogP contribution in [0, 0.1) is 0 Å². The summed E-state index contributed by atoms with van der Waals surface area (Å²) in [7, 11) is 0. The molecule has 0 aliphatic carbocycles. The Bertz CT molecular complexity index is 842. The highest BCUT2D eigenvalue weighted by molar-refractivity contribution is 6.29. The monoisotopic (exact) mass is 468 g/mol. The molecule has 0 radical (unpaired) electrons. The van der Waals surface area contributed by atoms with E-state index in [0.29, 0.717) is 5.03 Å². The molecule has 12 heteroatoms. The van der Waals surface area contributed by atoms with Gasteiger partial charge in [0.25, 0.3) is 0 Å². The van der Waals surface area contributed by atoms with E-state index in [4.69, 9.17) is 21.4 Å². The van der Waals surface area contributed by atoms with E-state index >= 15 is 0 Å². The lowest BCUT2D eigenvalue weighted by Gasteiger charge is -2.14. The number of carboxylic acids is 1. The number of nitrogens with one attached hydrogen (secondary N) is 4. The molecule has 1 atom stereocenters. The molecule has 0 aliphatic rings. The number of hydrogen-bond acceptors (Lipinski definition) is 6. The second-order valence-corrected chi connectivity index (χ2v) is 7.09. The van der Waals surface area contributed by atoms with Crippen LogP contribution in [0.25, 0.3) is 0 Å². The number of aliphatic carboxylic acids is 1. The number of alkyl carbamates (subject to hydrolysis) is 1. The zero-order valence-electron chi connectivity index (χ0n) is 17.4. The molecular weight excluding hydrogens is 444 g/mol. The molecule has 0 fully saturated rings. The molecule has 0 bridgehead atoms. The highest BCUT2D eigenvalue weighted by Crippen LogP contribution is 2.04. The average Bonchev–Trinajstić information content (AvgIpc) is 2.73. The van der Waals surface area contributed by atoms with E-state index < -0.39 is 55.5 Å². The summed E-state index contributed by atoms with van der Waals surface area (Å²) in [6.45, 7) is 0.329. The molecule has 1 unspecified atom stereocenters. The maximum Gasteiger partial charge on any atom is 0.407 e. The van der Waals surface area contributed by atoms with Gasteiger partial charge in [0.15, 0.2) is 0 Å². The van der Waals surface area contributed by atoms with Crippen LogP contribution in [0.1, 0.15) is 18.9 Å². The summed E-state index contributed by atoms with van der Waals surface area (Å²) in [6.07, 6.45) is 0.205. The van der Waals surface area contributed by atoms with Gasteiger partial charge >= 0.3 is 12.1 Å². The largest absolute Gasteiger partial charge is 0.481 e. The van der Waals surface area contributed by atoms with Gasteiger partial charge in [0, 0.05) is 5.03 Å². The highest BCUT2D eigenvalue weighted by Gasteiger charge is 2.15. The predicted molar refractivity (Wildman–Crippen MR) is 114 cm³/mol. The molecule has 0 aromatic heterocycles. The van der Waals surface area contributed by atoms with Gasteiger partial charge < -0.3 is 31.1 Å². The second-order valence-electron chi connectivity index (χ2n) is 6.49. The van der Waals surface area contributed by atoms with Gasteiger partial charge in [-0.2, -0.15) is 0 Å². The van der Waals surface area contributed by atoms with Gasteiger partial charge in [0.1, 0.15) is 13.2 Å². The van der Waals surface area contributed by atoms with Gasteiger partial charge in [0.05, 0.1) is 25.6 Å². The van der Waals surface area contributed by atoms with Crippen molar-refractivity contribution in [3.05, 3.63) is 47.0 Å². The zero-order chi connectivity index (χ0) is 23.9. The Morgan fingerprint density at radius 3 is 2.09 bits per heavy atom. The normalized spacial score (nSPS) is 11.6. The number of ether oxygens (including phenoxy) is 1. The SMILES string of the molecule is C/C(Cl)=C/C(CC(=O)O)NC(=O)CNC(=O)CNC(=O)CNC(=O)OCc1ccccc1. The number of allylic oxidation sites excluding steroid dienone is 1. The molecule has 5 N–H and O–H groups in total. The third-order valence-electron chi connectivity index (χ3n) is 3.67. The molecule has 1 aromatic carbocycles. The minimum Gasteiger partial charge on any atom is -0.481 e. The fourth-order valence-electron chi connectivity index (χ4n) is 2.28. The molecule has 1 rings (SSSR count). The molecular formula is C20H25ClN4O7. The van der Waals surface area contributed by atoms with Crippen molar-refractivity contribution in [3.8, 4) is 0 Å². The van der Waals surface area contributed by atoms with Crippen molar-refractivity contribution in [1.29, 1.82) is 0 Å². The molecule has 1 aromatic rings. The molecule has 0 aliphatic heterocycles. The lowest BCUT2D eigenvalue weighted by Crippen LogP contribution is -2.46. The number of carboxylic acid groups (broad SMARTS) is 1. The minimum atomic E-state index is -1.13. The molecule has 11 nitrogen and oxygen atoms in total. The summed E-state index contributed by atoms with van der Waals surface area (Å²) in [5.74, 6) is -3.05. The van der Waals surface area contributed by atoms with Crippen LogP contribution in [0.5, 0.6) is 0 Å². The lowest BCUT2D eigenvalue weighted by atomic mass is 10.2. The highest BCUT2D eigenvalue weighted by atomic mass is 35.5. The van der Waals surface area contributed by atoms with Gasteiger partial charge in [-0.3, -0.25) is 19.2 Å². The van der Waals surface area contributed by atoms with E-state index in [1.165, 1.54) is 13.0 Å². The van der Waals surface area contributed by atoms with Gasteiger partial charge in [0.2, 0.25) is 17.7 Å². The summed E-state index contributed by atoms with van der Waals surface area (Å²) < 4.78 is 4.95. The molecule has 32 heavy (non-hydrogen) atoms. The summed E-state index contributed by atoms with van der Waals surface area (Å²) in [5, 5.41) is 18.4. The van der Waals surface area contributed by atoms with Crippen LogP contribution >= 0.6 is 11.6 Å². The van der Waals surface area contributed by atoms with Gasteiger partial charge in [-0.1, -0.05) is 41.9 Å². The molecule has 4 amide bonds. The molecule has 174 valence electrons. The summed E-state index contributed by atoms with van der Waals surface area (Å²) in [4.78, 5) is 57.7. The van der Waals surface area contributed by atoms with Crippen LogP contribution in [0.2, 0.25) is 0 Å². The van der Waals surface area contributed by atoms with Crippen molar-refractivity contribution in [3.63, 3.8) is 0 Å². The fraction of sp³-hybridized carbons (Fsp3) is 0.350. The fourth-order valence-corrected chi connectivity index (χ4v) is 2.44. The lowest BCUT2D eigenvalue weighted by molar-refractivity contribution is -0.137. The average molecular weight is 469 g/mol. The van der Waals surface area contributed by atoms with E-state index in [-0.39, 0.29) is 13.0 Å². The zero-order valence-corrected chi connectivity index (χ0v) is 18.1. The van der Waals surface area contributed by atoms with Crippen LogP contribution < -0.4 is 21.3 Å². The van der Waals surface area contributed by atoms with Crippen LogP contribution in [-0.4, -0.2) is 60.6 Å². The van der Waals surface area contributed by atoms with Gasteiger partial charge in [-0.15, -0.1) is 0 Å². The number of rotatable bonds is 12. The standard InChI is InChI=1S/C20H25ClN4O7/c1-13(21)7-15(8-19(29)30)25-18(28)11-23-16(26)9-22-17(27)10-24-20(31)32-12-14-5-3-2-4-6-14/h2-7,15H,8-12H2,1H3,(H,22,27)(H,23,26)(H,24,31)(H,25,28)(H,29,30)/b13-7-. The first-order valence-electron chi connectivity index (χ1n) is 9.48. The van der Waals surface area contributed by atoms with Crippen molar-refractivity contribution < 1.29 is 33.8 Å². The number of carbonyl (C=O) groups is 5. The van der Waals surface area contributed by atoms with Gasteiger partial charge in [-0.05, 0) is 18.6 Å². The van der Waals surface area contributed by atoms with Crippen molar-refractivity contribution in [2.24, 2.45) is 0 Å². The Balaban J connectivity index is 2.23. The Hall–Kier alpha value is -3.60. The van der Waals surface area contributed by atoms with Crippen molar-refractivity contribution >= 4 is 41.4 Å².